The molecule has 0 saturated carbocycles. The van der Waals surface area contributed by atoms with Crippen molar-refractivity contribution in [3.05, 3.63) is 18.7 Å². The molecule has 1 unspecified atom stereocenters. The SMILES string of the molecule is CCCC(C)C(=O)On1ccnc1. The lowest BCUT2D eigenvalue weighted by atomic mass is 10.1. The molecule has 1 heterocycles. The normalized spacial score (nSPS) is 12.5. The highest BCUT2D eigenvalue weighted by Crippen LogP contribution is 2.05. The van der Waals surface area contributed by atoms with Gasteiger partial charge in [-0.15, -0.1) is 0 Å². The zero-order valence-electron chi connectivity index (χ0n) is 7.93. The van der Waals surface area contributed by atoms with E-state index in [-0.39, 0.29) is 11.9 Å². The van der Waals surface area contributed by atoms with Crippen molar-refractivity contribution in [1.29, 1.82) is 0 Å². The van der Waals surface area contributed by atoms with Gasteiger partial charge in [-0.2, -0.15) is 4.73 Å². The van der Waals surface area contributed by atoms with Crippen LogP contribution in [-0.2, 0) is 4.79 Å². The van der Waals surface area contributed by atoms with Crippen LogP contribution in [0.25, 0.3) is 0 Å². The second-order valence-electron chi connectivity index (χ2n) is 3.02. The predicted molar refractivity (Wildman–Crippen MR) is 47.9 cm³/mol. The average Bonchev–Trinajstić information content (AvgIpc) is 2.57. The third-order valence-electron chi connectivity index (χ3n) is 1.80. The lowest BCUT2D eigenvalue weighted by Crippen LogP contribution is -2.24. The van der Waals surface area contributed by atoms with Crippen LogP contribution in [0.1, 0.15) is 26.7 Å². The molecule has 4 nitrogen and oxygen atoms in total. The molecule has 0 fully saturated rings. The lowest BCUT2D eigenvalue weighted by Gasteiger charge is -2.08. The highest BCUT2D eigenvalue weighted by molar-refractivity contribution is 5.72. The Hall–Kier alpha value is -1.32. The first kappa shape index (κ1) is 9.77. The third-order valence-corrected chi connectivity index (χ3v) is 1.80. The van der Waals surface area contributed by atoms with Gasteiger partial charge in [0.25, 0.3) is 0 Å². The second-order valence-corrected chi connectivity index (χ2v) is 3.02. The van der Waals surface area contributed by atoms with Crippen LogP contribution in [0, 0.1) is 5.92 Å². The zero-order chi connectivity index (χ0) is 9.68. The maximum atomic E-state index is 11.3. The van der Waals surface area contributed by atoms with Crippen LogP contribution < -0.4 is 4.84 Å². The van der Waals surface area contributed by atoms with E-state index < -0.39 is 0 Å². The van der Waals surface area contributed by atoms with Crippen molar-refractivity contribution >= 4 is 5.97 Å². The third kappa shape index (κ3) is 2.89. The Kier molecular flexibility index (Phi) is 3.49. The number of carbonyl (C=O) groups excluding carboxylic acids is 1. The molecule has 0 radical (unpaired) electrons. The van der Waals surface area contributed by atoms with Crippen LogP contribution in [-0.4, -0.2) is 15.7 Å². The fourth-order valence-electron chi connectivity index (χ4n) is 1.05. The van der Waals surface area contributed by atoms with Gasteiger partial charge in [0.05, 0.1) is 12.1 Å². The topological polar surface area (TPSA) is 44.1 Å². The van der Waals surface area contributed by atoms with Crippen molar-refractivity contribution in [2.75, 3.05) is 0 Å². The van der Waals surface area contributed by atoms with Gasteiger partial charge in [0.2, 0.25) is 0 Å². The highest BCUT2D eigenvalue weighted by atomic mass is 16.7. The van der Waals surface area contributed by atoms with E-state index in [2.05, 4.69) is 4.98 Å². The fourth-order valence-corrected chi connectivity index (χ4v) is 1.05. The molecule has 0 bridgehead atoms. The number of hydrogen-bond acceptors (Lipinski definition) is 3. The summed E-state index contributed by atoms with van der Waals surface area (Å²) in [6.45, 7) is 3.91. The Bertz CT molecular complexity index is 257. The Labute approximate surface area is 77.5 Å². The highest BCUT2D eigenvalue weighted by Gasteiger charge is 2.13. The van der Waals surface area contributed by atoms with Crippen LogP contribution in [0.2, 0.25) is 0 Å². The fraction of sp³-hybridized carbons (Fsp3) is 0.556. The summed E-state index contributed by atoms with van der Waals surface area (Å²) in [7, 11) is 0. The monoisotopic (exact) mass is 182 g/mol. The molecule has 0 saturated heterocycles. The molecular formula is C9H14N2O2. The molecule has 1 aromatic rings. The summed E-state index contributed by atoms with van der Waals surface area (Å²) < 4.78 is 1.31. The largest absolute Gasteiger partial charge is 0.335 e. The van der Waals surface area contributed by atoms with E-state index >= 15 is 0 Å². The Morgan fingerprint density at radius 1 is 1.69 bits per heavy atom. The van der Waals surface area contributed by atoms with Gasteiger partial charge in [-0.3, -0.25) is 0 Å². The summed E-state index contributed by atoms with van der Waals surface area (Å²) in [4.78, 5) is 20.1. The number of imidazole rings is 1. The first-order valence-corrected chi connectivity index (χ1v) is 4.44. The van der Waals surface area contributed by atoms with Crippen molar-refractivity contribution in [3.63, 3.8) is 0 Å². The van der Waals surface area contributed by atoms with Crippen molar-refractivity contribution in [3.8, 4) is 0 Å². The molecule has 13 heavy (non-hydrogen) atoms. The molecular weight excluding hydrogens is 168 g/mol. The number of hydrogen-bond donors (Lipinski definition) is 0. The molecule has 0 spiro atoms. The summed E-state index contributed by atoms with van der Waals surface area (Å²) in [6, 6.07) is 0. The van der Waals surface area contributed by atoms with Crippen molar-refractivity contribution in [2.24, 2.45) is 5.92 Å². The first-order chi connectivity index (χ1) is 6.24. The van der Waals surface area contributed by atoms with Gasteiger partial charge in [-0.1, -0.05) is 20.3 Å². The molecule has 1 aromatic heterocycles. The van der Waals surface area contributed by atoms with E-state index in [1.54, 1.807) is 12.4 Å². The molecule has 0 N–H and O–H groups in total. The van der Waals surface area contributed by atoms with Crippen LogP contribution in [0.4, 0.5) is 0 Å². The van der Waals surface area contributed by atoms with Crippen molar-refractivity contribution in [1.82, 2.24) is 9.71 Å². The van der Waals surface area contributed by atoms with Crippen molar-refractivity contribution < 1.29 is 9.63 Å². The summed E-state index contributed by atoms with van der Waals surface area (Å²) in [5.74, 6) is -0.257. The molecule has 0 aliphatic carbocycles. The van der Waals surface area contributed by atoms with Gasteiger partial charge >= 0.3 is 5.97 Å². The summed E-state index contributed by atoms with van der Waals surface area (Å²) in [5, 5.41) is 0. The average molecular weight is 182 g/mol. The second kappa shape index (κ2) is 4.64. The Morgan fingerprint density at radius 3 is 3.00 bits per heavy atom. The molecule has 72 valence electrons. The van der Waals surface area contributed by atoms with Crippen molar-refractivity contribution in [2.45, 2.75) is 26.7 Å². The van der Waals surface area contributed by atoms with Gasteiger partial charge in [0.1, 0.15) is 6.33 Å². The number of carbonyl (C=O) groups is 1. The van der Waals surface area contributed by atoms with E-state index in [1.807, 2.05) is 13.8 Å². The first-order valence-electron chi connectivity index (χ1n) is 4.44. The molecule has 0 aliphatic rings. The van der Waals surface area contributed by atoms with Gasteiger partial charge in [0, 0.05) is 6.20 Å². The quantitative estimate of drug-likeness (QED) is 0.704. The van der Waals surface area contributed by atoms with E-state index in [0.29, 0.717) is 0 Å². The molecule has 1 rings (SSSR count). The predicted octanol–water partition coefficient (Wildman–Crippen LogP) is 1.27. The smallest absolute Gasteiger partial charge is 0.335 e. The molecule has 0 aliphatic heterocycles. The molecule has 4 heteroatoms. The van der Waals surface area contributed by atoms with Crippen LogP contribution in [0.15, 0.2) is 18.7 Å². The van der Waals surface area contributed by atoms with Gasteiger partial charge < -0.3 is 4.84 Å². The number of nitrogens with zero attached hydrogens (tertiary/aromatic N) is 2. The zero-order valence-corrected chi connectivity index (χ0v) is 7.93. The maximum absolute atomic E-state index is 11.3. The molecule has 1 atom stereocenters. The van der Waals surface area contributed by atoms with Gasteiger partial charge in [-0.25, -0.2) is 9.78 Å². The van der Waals surface area contributed by atoms with Crippen LogP contribution in [0.3, 0.4) is 0 Å². The van der Waals surface area contributed by atoms with Gasteiger partial charge in [-0.05, 0) is 6.42 Å². The van der Waals surface area contributed by atoms with Crippen LogP contribution >= 0.6 is 0 Å². The van der Waals surface area contributed by atoms with Crippen LogP contribution in [0.5, 0.6) is 0 Å². The van der Waals surface area contributed by atoms with E-state index in [0.717, 1.165) is 12.8 Å². The van der Waals surface area contributed by atoms with E-state index in [9.17, 15) is 4.79 Å². The lowest BCUT2D eigenvalue weighted by molar-refractivity contribution is -0.148. The number of aromatic nitrogens is 2. The Balaban J connectivity index is 2.41. The molecule has 0 amide bonds. The minimum atomic E-state index is -0.208. The molecule has 0 aromatic carbocycles. The standard InChI is InChI=1S/C9H14N2O2/c1-3-4-8(2)9(12)13-11-6-5-10-7-11/h5-8H,3-4H2,1-2H3. The summed E-state index contributed by atoms with van der Waals surface area (Å²) >= 11 is 0. The summed E-state index contributed by atoms with van der Waals surface area (Å²) in [6.07, 6.45) is 6.46. The number of rotatable bonds is 4. The van der Waals surface area contributed by atoms with E-state index in [1.165, 1.54) is 11.1 Å². The van der Waals surface area contributed by atoms with Gasteiger partial charge in [0.15, 0.2) is 0 Å². The minimum absolute atomic E-state index is 0.0487. The van der Waals surface area contributed by atoms with E-state index in [4.69, 9.17) is 4.84 Å². The maximum Gasteiger partial charge on any atom is 0.335 e. The Morgan fingerprint density at radius 2 is 2.46 bits per heavy atom. The summed E-state index contributed by atoms with van der Waals surface area (Å²) in [5.41, 5.74) is 0. The minimum Gasteiger partial charge on any atom is -0.335 e.